The van der Waals surface area contributed by atoms with Crippen molar-refractivity contribution < 1.29 is 4.74 Å². The molecule has 1 aliphatic carbocycles. The van der Waals surface area contributed by atoms with E-state index in [9.17, 15) is 0 Å². The van der Waals surface area contributed by atoms with Gasteiger partial charge in [0.1, 0.15) is 5.75 Å². The van der Waals surface area contributed by atoms with Crippen LogP contribution in [0.4, 0.5) is 0 Å². The van der Waals surface area contributed by atoms with Gasteiger partial charge in [0.25, 0.3) is 0 Å². The largest absolute Gasteiger partial charge is 0.496 e. The van der Waals surface area contributed by atoms with Crippen molar-refractivity contribution >= 4 is 0 Å². The van der Waals surface area contributed by atoms with E-state index in [0.29, 0.717) is 12.0 Å². The molecule has 0 radical (unpaired) electrons. The van der Waals surface area contributed by atoms with Crippen molar-refractivity contribution in [2.45, 2.75) is 31.2 Å². The normalized spacial score (nSPS) is 21.5. The maximum absolute atomic E-state index is 5.56. The molecule has 1 N–H and O–H groups in total. The van der Waals surface area contributed by atoms with E-state index in [1.54, 1.807) is 7.11 Å². The Labute approximate surface area is 116 Å². The molecule has 0 spiro atoms. The first-order valence-electron chi connectivity index (χ1n) is 6.92. The van der Waals surface area contributed by atoms with Crippen LogP contribution in [0, 0.1) is 0 Å². The van der Waals surface area contributed by atoms with Crippen molar-refractivity contribution in [3.05, 3.63) is 54.6 Å². The maximum atomic E-state index is 5.56. The van der Waals surface area contributed by atoms with Crippen LogP contribution in [0.3, 0.4) is 0 Å². The lowest BCUT2D eigenvalue weighted by atomic mass is 9.77. The molecule has 2 atom stereocenters. The number of aryl methyl sites for hydroxylation is 1. The summed E-state index contributed by atoms with van der Waals surface area (Å²) in [5.41, 5.74) is 2.78. The molecular formula is C17H23NO. The molecule has 1 aromatic rings. The van der Waals surface area contributed by atoms with Gasteiger partial charge in [-0.25, -0.2) is 0 Å². The Morgan fingerprint density at radius 2 is 2.21 bits per heavy atom. The van der Waals surface area contributed by atoms with Gasteiger partial charge in [-0.2, -0.15) is 0 Å². The van der Waals surface area contributed by atoms with Crippen molar-refractivity contribution in [1.29, 1.82) is 0 Å². The molecule has 0 fully saturated rings. The van der Waals surface area contributed by atoms with Gasteiger partial charge < -0.3 is 10.1 Å². The minimum atomic E-state index is 0.442. The summed E-state index contributed by atoms with van der Waals surface area (Å²) in [6.07, 6.45) is 7.17. The summed E-state index contributed by atoms with van der Waals surface area (Å²) in [7, 11) is 1.75. The minimum Gasteiger partial charge on any atom is -0.496 e. The molecule has 2 nitrogen and oxygen atoms in total. The van der Waals surface area contributed by atoms with Gasteiger partial charge in [-0.3, -0.25) is 0 Å². The number of methoxy groups -OCH3 is 1. The maximum Gasteiger partial charge on any atom is 0.122 e. The lowest BCUT2D eigenvalue weighted by Crippen LogP contribution is -2.38. The van der Waals surface area contributed by atoms with Crippen LogP contribution in [0.2, 0.25) is 0 Å². The lowest BCUT2D eigenvalue weighted by Gasteiger charge is -2.34. The number of allylic oxidation sites excluding steroid dienone is 1. The summed E-state index contributed by atoms with van der Waals surface area (Å²) in [4.78, 5) is 0. The first-order valence-corrected chi connectivity index (χ1v) is 6.92. The summed E-state index contributed by atoms with van der Waals surface area (Å²) in [5.74, 6) is 1.45. The number of nitrogens with one attached hydrogen (secondary N) is 1. The van der Waals surface area contributed by atoms with E-state index in [1.165, 1.54) is 11.1 Å². The van der Waals surface area contributed by atoms with E-state index in [0.717, 1.165) is 31.6 Å². The van der Waals surface area contributed by atoms with Crippen LogP contribution < -0.4 is 10.1 Å². The van der Waals surface area contributed by atoms with Crippen LogP contribution >= 0.6 is 0 Å². The number of benzene rings is 1. The van der Waals surface area contributed by atoms with E-state index in [-0.39, 0.29) is 0 Å². The second-order valence-electron chi connectivity index (χ2n) is 5.01. The van der Waals surface area contributed by atoms with Crippen molar-refractivity contribution in [3.8, 4) is 5.75 Å². The van der Waals surface area contributed by atoms with Crippen molar-refractivity contribution in [2.75, 3.05) is 13.7 Å². The van der Waals surface area contributed by atoms with Crippen LogP contribution in [-0.4, -0.2) is 19.7 Å². The Hall–Kier alpha value is -1.54. The fraction of sp³-hybridized carbons (Fsp3) is 0.412. The highest BCUT2D eigenvalue weighted by atomic mass is 16.5. The van der Waals surface area contributed by atoms with E-state index < -0.39 is 0 Å². The van der Waals surface area contributed by atoms with Crippen LogP contribution in [-0.2, 0) is 6.42 Å². The third kappa shape index (κ3) is 2.90. The molecule has 0 heterocycles. The Morgan fingerprint density at radius 3 is 2.89 bits per heavy atom. The lowest BCUT2D eigenvalue weighted by molar-refractivity contribution is 0.366. The van der Waals surface area contributed by atoms with Gasteiger partial charge in [0, 0.05) is 24.1 Å². The summed E-state index contributed by atoms with van der Waals surface area (Å²) >= 11 is 0. The van der Waals surface area contributed by atoms with Gasteiger partial charge in [0.15, 0.2) is 0 Å². The third-order valence-electron chi connectivity index (χ3n) is 3.90. The van der Waals surface area contributed by atoms with Crippen LogP contribution in [0.5, 0.6) is 5.75 Å². The van der Waals surface area contributed by atoms with Crippen molar-refractivity contribution in [2.24, 2.45) is 0 Å². The number of hydrogen-bond donors (Lipinski definition) is 1. The molecule has 0 saturated heterocycles. The van der Waals surface area contributed by atoms with Crippen molar-refractivity contribution in [1.82, 2.24) is 5.32 Å². The Balaban J connectivity index is 2.35. The molecule has 0 amide bonds. The summed E-state index contributed by atoms with van der Waals surface area (Å²) in [6, 6.07) is 6.84. The van der Waals surface area contributed by atoms with Gasteiger partial charge in [0.2, 0.25) is 0 Å². The molecule has 19 heavy (non-hydrogen) atoms. The van der Waals surface area contributed by atoms with E-state index >= 15 is 0 Å². The third-order valence-corrected chi connectivity index (χ3v) is 3.90. The van der Waals surface area contributed by atoms with Crippen molar-refractivity contribution in [3.63, 3.8) is 0 Å². The van der Waals surface area contributed by atoms with E-state index in [2.05, 4.69) is 36.7 Å². The molecule has 0 saturated carbocycles. The van der Waals surface area contributed by atoms with E-state index in [1.807, 2.05) is 12.2 Å². The second kappa shape index (κ2) is 6.58. The zero-order valence-electron chi connectivity index (χ0n) is 11.7. The van der Waals surface area contributed by atoms with Crippen LogP contribution in [0.1, 0.15) is 29.9 Å². The zero-order valence-corrected chi connectivity index (χ0v) is 11.7. The number of hydrogen-bond acceptors (Lipinski definition) is 2. The fourth-order valence-corrected chi connectivity index (χ4v) is 3.06. The molecule has 0 aliphatic heterocycles. The molecule has 0 unspecified atom stereocenters. The second-order valence-corrected chi connectivity index (χ2v) is 5.01. The predicted molar refractivity (Wildman–Crippen MR) is 80.9 cm³/mol. The Kier molecular flexibility index (Phi) is 4.80. The first kappa shape index (κ1) is 13.9. The predicted octanol–water partition coefficient (Wildman–Crippen LogP) is 3.45. The van der Waals surface area contributed by atoms with Gasteiger partial charge in [-0.05, 0) is 30.9 Å². The van der Waals surface area contributed by atoms with E-state index in [4.69, 9.17) is 4.74 Å². The molecule has 2 heteroatoms. The molecule has 0 aromatic heterocycles. The topological polar surface area (TPSA) is 21.3 Å². The number of ether oxygens (including phenoxy) is 1. The standard InChI is InChI=1S/C17H23NO/c1-4-7-14-15(18-12-5-2)11-10-13-8-6-9-16(19-3)17(13)14/h4-6,8-9,14-15,18H,1-2,7,10-12H2,3H3/t14-,15+/m1/s1. The number of rotatable bonds is 6. The molecule has 1 aliphatic rings. The monoisotopic (exact) mass is 257 g/mol. The van der Waals surface area contributed by atoms with Gasteiger partial charge in [-0.15, -0.1) is 13.2 Å². The molecule has 1 aromatic carbocycles. The zero-order chi connectivity index (χ0) is 13.7. The Morgan fingerprint density at radius 1 is 1.37 bits per heavy atom. The van der Waals surface area contributed by atoms with Gasteiger partial charge in [-0.1, -0.05) is 24.3 Å². The average molecular weight is 257 g/mol. The highest BCUT2D eigenvalue weighted by Gasteiger charge is 2.30. The first-order chi connectivity index (χ1) is 9.31. The molecule has 102 valence electrons. The summed E-state index contributed by atoms with van der Waals surface area (Å²) < 4.78 is 5.56. The highest BCUT2D eigenvalue weighted by molar-refractivity contribution is 5.45. The number of fused-ring (bicyclic) bond motifs is 1. The highest BCUT2D eigenvalue weighted by Crippen LogP contribution is 2.40. The quantitative estimate of drug-likeness (QED) is 0.788. The van der Waals surface area contributed by atoms with Gasteiger partial charge >= 0.3 is 0 Å². The fourth-order valence-electron chi connectivity index (χ4n) is 3.06. The SMILES string of the molecule is C=CCN[C@H]1CCc2cccc(OC)c2[C@@H]1CC=C. The minimum absolute atomic E-state index is 0.442. The van der Waals surface area contributed by atoms with Crippen LogP contribution in [0.15, 0.2) is 43.5 Å². The molecule has 0 bridgehead atoms. The molecule has 2 rings (SSSR count). The Bertz CT molecular complexity index is 438. The average Bonchev–Trinajstić information content (AvgIpc) is 2.45. The summed E-state index contributed by atoms with van der Waals surface area (Å²) in [5, 5.41) is 3.58. The van der Waals surface area contributed by atoms with Gasteiger partial charge in [0.05, 0.1) is 7.11 Å². The molecular weight excluding hydrogens is 234 g/mol. The van der Waals surface area contributed by atoms with Crippen LogP contribution in [0.25, 0.3) is 0 Å². The summed E-state index contributed by atoms with van der Waals surface area (Å²) in [6.45, 7) is 8.55. The smallest absolute Gasteiger partial charge is 0.122 e.